The number of carboxylic acid groups (broad SMARTS) is 2. The third-order valence-corrected chi connectivity index (χ3v) is 7.64. The van der Waals surface area contributed by atoms with Crippen LogP contribution in [-0.2, 0) is 10.1 Å². The van der Waals surface area contributed by atoms with Gasteiger partial charge in [-0.2, -0.15) is 8.42 Å². The fraction of sp³-hybridized carbons (Fsp3) is 0.0323. The molecular weight excluding hydrogens is 632 g/mol. The number of rotatable bonds is 10. The Labute approximate surface area is 266 Å². The molecule has 5 aromatic carbocycles. The van der Waals surface area contributed by atoms with E-state index in [-0.39, 0.29) is 50.4 Å². The quantitative estimate of drug-likeness (QED) is 0.0492. The van der Waals surface area contributed by atoms with Crippen molar-refractivity contribution in [2.24, 2.45) is 20.5 Å². The smallest absolute Gasteiger partial charge is 0.337 e. The van der Waals surface area contributed by atoms with Crippen LogP contribution in [0.5, 0.6) is 11.5 Å². The lowest BCUT2D eigenvalue weighted by molar-refractivity contribution is 0.0686. The molecule has 0 amide bonds. The van der Waals surface area contributed by atoms with Crippen molar-refractivity contribution in [3.63, 3.8) is 0 Å². The molecule has 7 N–H and O–H groups in total. The molecule has 16 heteroatoms. The van der Waals surface area contributed by atoms with Crippen molar-refractivity contribution in [3.8, 4) is 11.5 Å². The zero-order valence-electron chi connectivity index (χ0n) is 24.2. The highest BCUT2D eigenvalue weighted by molar-refractivity contribution is 7.86. The number of nitrogens with one attached hydrogen (secondary N) is 1. The molecule has 0 aliphatic carbocycles. The normalized spacial score (nSPS) is 11.7. The number of carboxylic acids is 2. The van der Waals surface area contributed by atoms with Crippen molar-refractivity contribution in [1.29, 1.82) is 0 Å². The Morgan fingerprint density at radius 1 is 0.787 bits per heavy atom. The summed E-state index contributed by atoms with van der Waals surface area (Å²) in [6, 6.07) is 20.2. The lowest BCUT2D eigenvalue weighted by atomic mass is 10.1. The van der Waals surface area contributed by atoms with Gasteiger partial charge in [0.2, 0.25) is 0 Å². The summed E-state index contributed by atoms with van der Waals surface area (Å²) in [5.74, 6) is -2.78. The highest BCUT2D eigenvalue weighted by atomic mass is 32.2. The van der Waals surface area contributed by atoms with E-state index in [9.17, 15) is 32.8 Å². The van der Waals surface area contributed by atoms with E-state index in [0.29, 0.717) is 11.4 Å². The van der Waals surface area contributed by atoms with E-state index in [1.807, 2.05) is 0 Å². The Balaban J connectivity index is 1.60. The topological polar surface area (TPSA) is 246 Å². The number of anilines is 3. The SMILES string of the molecule is COc1ccc(N=Nc2c(S(=O)(=O)O)cc3ccc(Nc4ccc(C(=O)O)cc4)cc3c2O)c(N=Nc2ccccc2C(=O)O)c1N. The molecule has 5 rings (SSSR count). The van der Waals surface area contributed by atoms with Crippen LogP contribution < -0.4 is 15.8 Å². The van der Waals surface area contributed by atoms with Crippen LogP contribution in [0.3, 0.4) is 0 Å². The van der Waals surface area contributed by atoms with Gasteiger partial charge in [-0.3, -0.25) is 4.55 Å². The van der Waals surface area contributed by atoms with Gasteiger partial charge in [-0.1, -0.05) is 18.2 Å². The second kappa shape index (κ2) is 12.9. The van der Waals surface area contributed by atoms with Crippen LogP contribution >= 0.6 is 0 Å². The monoisotopic (exact) mass is 656 g/mol. The summed E-state index contributed by atoms with van der Waals surface area (Å²) in [6.07, 6.45) is 0. The van der Waals surface area contributed by atoms with Crippen LogP contribution in [0, 0.1) is 0 Å². The van der Waals surface area contributed by atoms with Crippen molar-refractivity contribution in [2.45, 2.75) is 4.90 Å². The molecule has 0 bridgehead atoms. The Kier molecular flexibility index (Phi) is 8.80. The van der Waals surface area contributed by atoms with Crippen molar-refractivity contribution >= 4 is 72.6 Å². The Bertz CT molecular complexity index is 2220. The minimum atomic E-state index is -4.93. The molecule has 0 saturated heterocycles. The molecule has 0 aromatic heterocycles. The van der Waals surface area contributed by atoms with E-state index in [4.69, 9.17) is 15.6 Å². The number of aromatic carboxylic acids is 2. The molecule has 0 heterocycles. The maximum atomic E-state index is 12.4. The van der Waals surface area contributed by atoms with Crippen LogP contribution in [0.15, 0.2) is 110 Å². The van der Waals surface area contributed by atoms with Gasteiger partial charge in [-0.05, 0) is 72.1 Å². The lowest BCUT2D eigenvalue weighted by Crippen LogP contribution is -1.99. The minimum absolute atomic E-state index is 0.00758. The molecule has 47 heavy (non-hydrogen) atoms. The summed E-state index contributed by atoms with van der Waals surface area (Å²) in [4.78, 5) is 22.0. The maximum Gasteiger partial charge on any atom is 0.337 e. The third kappa shape index (κ3) is 6.82. The first-order chi connectivity index (χ1) is 22.4. The van der Waals surface area contributed by atoms with Crippen LogP contribution in [0.25, 0.3) is 10.8 Å². The molecule has 238 valence electrons. The second-order valence-corrected chi connectivity index (χ2v) is 11.2. The predicted octanol–water partition coefficient (Wildman–Crippen LogP) is 7.35. The molecule has 0 radical (unpaired) electrons. The zero-order valence-corrected chi connectivity index (χ0v) is 25.0. The van der Waals surface area contributed by atoms with E-state index < -0.39 is 38.4 Å². The molecule has 0 saturated carbocycles. The highest BCUT2D eigenvalue weighted by Crippen LogP contribution is 2.45. The van der Waals surface area contributed by atoms with Gasteiger partial charge in [0.05, 0.1) is 18.2 Å². The Morgan fingerprint density at radius 3 is 2.11 bits per heavy atom. The number of nitrogen functional groups attached to an aromatic ring is 1. The van der Waals surface area contributed by atoms with Gasteiger partial charge in [0.1, 0.15) is 39.1 Å². The number of azo groups is 2. The number of phenols is 1. The number of ether oxygens (including phenoxy) is 1. The van der Waals surface area contributed by atoms with E-state index in [1.165, 1.54) is 61.7 Å². The van der Waals surface area contributed by atoms with Gasteiger partial charge in [0, 0.05) is 16.8 Å². The van der Waals surface area contributed by atoms with E-state index in [2.05, 4.69) is 25.8 Å². The molecule has 0 unspecified atom stereocenters. The maximum absolute atomic E-state index is 12.4. The number of carbonyl (C=O) groups is 2. The number of nitrogens with two attached hydrogens (primary N) is 1. The van der Waals surface area contributed by atoms with Gasteiger partial charge in [-0.25, -0.2) is 9.59 Å². The van der Waals surface area contributed by atoms with Crippen molar-refractivity contribution < 1.29 is 42.6 Å². The first-order valence-electron chi connectivity index (χ1n) is 13.4. The fourth-order valence-electron chi connectivity index (χ4n) is 4.47. The molecule has 0 aliphatic heterocycles. The van der Waals surface area contributed by atoms with Crippen molar-refractivity contribution in [1.82, 2.24) is 0 Å². The summed E-state index contributed by atoms with van der Waals surface area (Å²) in [5.41, 5.74) is 6.33. The number of nitrogens with zero attached hydrogens (tertiary/aromatic N) is 4. The first kappa shape index (κ1) is 32.0. The van der Waals surface area contributed by atoms with Crippen molar-refractivity contribution in [3.05, 3.63) is 96.1 Å². The molecule has 0 aliphatic rings. The molecule has 5 aromatic rings. The van der Waals surface area contributed by atoms with Gasteiger partial charge < -0.3 is 31.1 Å². The number of benzene rings is 5. The summed E-state index contributed by atoms with van der Waals surface area (Å²) < 4.78 is 40.0. The van der Waals surface area contributed by atoms with Gasteiger partial charge in [0.15, 0.2) is 5.75 Å². The summed E-state index contributed by atoms with van der Waals surface area (Å²) in [6.45, 7) is 0. The average Bonchev–Trinajstić information content (AvgIpc) is 3.04. The average molecular weight is 657 g/mol. The van der Waals surface area contributed by atoms with Crippen LogP contribution in [0.2, 0.25) is 0 Å². The number of methoxy groups -OCH3 is 1. The largest absolute Gasteiger partial charge is 0.505 e. The van der Waals surface area contributed by atoms with Crippen LogP contribution in [-0.4, -0.2) is 47.3 Å². The number of hydrogen-bond acceptors (Lipinski definition) is 12. The number of aromatic hydroxyl groups is 1. The minimum Gasteiger partial charge on any atom is -0.505 e. The summed E-state index contributed by atoms with van der Waals surface area (Å²) >= 11 is 0. The first-order valence-corrected chi connectivity index (χ1v) is 14.8. The Morgan fingerprint density at radius 2 is 1.45 bits per heavy atom. The summed E-state index contributed by atoms with van der Waals surface area (Å²) in [7, 11) is -3.57. The second-order valence-electron chi connectivity index (χ2n) is 9.76. The van der Waals surface area contributed by atoms with Crippen molar-refractivity contribution in [2.75, 3.05) is 18.2 Å². The number of hydrogen-bond donors (Lipinski definition) is 6. The van der Waals surface area contributed by atoms with Crippen LogP contribution in [0.1, 0.15) is 20.7 Å². The summed E-state index contributed by atoms with van der Waals surface area (Å²) in [5, 5.41) is 49.4. The predicted molar refractivity (Wildman–Crippen MR) is 171 cm³/mol. The molecular formula is C31H24N6O9S. The van der Waals surface area contributed by atoms with Crippen LogP contribution in [0.4, 0.5) is 39.8 Å². The fourth-order valence-corrected chi connectivity index (χ4v) is 5.12. The van der Waals surface area contributed by atoms with E-state index in [0.717, 1.165) is 6.07 Å². The third-order valence-electron chi connectivity index (χ3n) is 6.78. The van der Waals surface area contributed by atoms with Gasteiger partial charge in [-0.15, -0.1) is 20.5 Å². The highest BCUT2D eigenvalue weighted by Gasteiger charge is 2.23. The van der Waals surface area contributed by atoms with Gasteiger partial charge >= 0.3 is 11.9 Å². The molecule has 0 atom stereocenters. The molecule has 0 fully saturated rings. The lowest BCUT2D eigenvalue weighted by Gasteiger charge is -2.12. The van der Waals surface area contributed by atoms with E-state index in [1.54, 1.807) is 24.3 Å². The zero-order chi connectivity index (χ0) is 33.9. The van der Waals surface area contributed by atoms with Gasteiger partial charge in [0.25, 0.3) is 10.1 Å². The number of fused-ring (bicyclic) bond motifs is 1. The number of phenolic OH excluding ortho intramolecular Hbond substituents is 1. The molecule has 15 nitrogen and oxygen atoms in total. The van der Waals surface area contributed by atoms with E-state index >= 15 is 0 Å². The molecule has 0 spiro atoms. The standard InChI is InChI=1S/C31H24N6O9S/c1-46-24-13-12-23(27(26(24)32)36-34-22-5-3-2-4-20(22)31(41)42)35-37-28-25(47(43,44)45)14-17-8-11-19(15-21(17)29(28)38)33-18-9-6-16(7-10-18)30(39)40/h2-15,33,38H,32H2,1H3,(H,39,40)(H,41,42)(H,43,44,45). The Hall–Kier alpha value is -6.39.